The van der Waals surface area contributed by atoms with Crippen LogP contribution in [-0.2, 0) is 20.9 Å². The molecule has 3 atom stereocenters. The molecular weight excluding hydrogens is 438 g/mol. The Labute approximate surface area is 208 Å². The Kier molecular flexibility index (Phi) is 9.27. The van der Waals surface area contributed by atoms with E-state index in [9.17, 15) is 9.59 Å². The normalized spacial score (nSPS) is 23.2. The van der Waals surface area contributed by atoms with Gasteiger partial charge in [0.05, 0.1) is 18.8 Å². The SMILES string of the molecule is O=C(O)CCC=CCC[C@H]1[C@@H](OCc2ccc(-c3ccccc3)cc2)CC(=O)[C@@H]1N1CCCCC1. The molecule has 5 nitrogen and oxygen atoms in total. The van der Waals surface area contributed by atoms with E-state index in [0.717, 1.165) is 44.3 Å². The minimum atomic E-state index is -0.772. The molecule has 1 heterocycles. The first kappa shape index (κ1) is 25.3. The largest absolute Gasteiger partial charge is 0.481 e. The van der Waals surface area contributed by atoms with Crippen LogP contribution in [0.4, 0.5) is 0 Å². The van der Waals surface area contributed by atoms with E-state index in [0.29, 0.717) is 25.2 Å². The van der Waals surface area contributed by atoms with Gasteiger partial charge in [-0.3, -0.25) is 14.5 Å². The zero-order valence-electron chi connectivity index (χ0n) is 20.5. The summed E-state index contributed by atoms with van der Waals surface area (Å²) in [4.78, 5) is 26.2. The van der Waals surface area contributed by atoms with Crippen molar-refractivity contribution < 1.29 is 19.4 Å². The quantitative estimate of drug-likeness (QED) is 0.411. The summed E-state index contributed by atoms with van der Waals surface area (Å²) in [7, 11) is 0. The molecule has 0 radical (unpaired) electrons. The number of Topliss-reactive ketones (excluding diaryl/α,β-unsaturated/α-hetero) is 1. The van der Waals surface area contributed by atoms with Gasteiger partial charge in [-0.15, -0.1) is 0 Å². The molecule has 2 aromatic rings. The van der Waals surface area contributed by atoms with E-state index < -0.39 is 5.97 Å². The molecule has 35 heavy (non-hydrogen) atoms. The fourth-order valence-corrected chi connectivity index (χ4v) is 5.47. The van der Waals surface area contributed by atoms with Gasteiger partial charge in [0.25, 0.3) is 0 Å². The molecule has 1 saturated carbocycles. The molecule has 5 heteroatoms. The molecule has 2 fully saturated rings. The highest BCUT2D eigenvalue weighted by Crippen LogP contribution is 2.35. The Hall–Kier alpha value is -2.76. The number of rotatable bonds is 11. The van der Waals surface area contributed by atoms with Crippen molar-refractivity contribution in [2.45, 2.75) is 70.1 Å². The number of ether oxygens (including phenoxy) is 1. The van der Waals surface area contributed by atoms with Crippen LogP contribution < -0.4 is 0 Å². The van der Waals surface area contributed by atoms with Gasteiger partial charge in [-0.1, -0.05) is 73.2 Å². The second kappa shape index (κ2) is 12.8. The smallest absolute Gasteiger partial charge is 0.303 e. The third-order valence-electron chi connectivity index (χ3n) is 7.28. The molecule has 4 rings (SSSR count). The third-order valence-corrected chi connectivity index (χ3v) is 7.28. The number of hydrogen-bond donors (Lipinski definition) is 1. The molecule has 0 unspecified atom stereocenters. The van der Waals surface area contributed by atoms with Gasteiger partial charge in [0.1, 0.15) is 0 Å². The molecule has 186 valence electrons. The minimum Gasteiger partial charge on any atom is -0.481 e. The Balaban J connectivity index is 1.38. The first-order valence-corrected chi connectivity index (χ1v) is 13.0. The highest BCUT2D eigenvalue weighted by atomic mass is 16.5. The van der Waals surface area contributed by atoms with Crippen molar-refractivity contribution in [2.24, 2.45) is 5.92 Å². The van der Waals surface area contributed by atoms with Crippen LogP contribution >= 0.6 is 0 Å². The average molecular weight is 476 g/mol. The zero-order valence-corrected chi connectivity index (χ0v) is 20.5. The Morgan fingerprint density at radius 2 is 1.63 bits per heavy atom. The zero-order chi connectivity index (χ0) is 24.5. The summed E-state index contributed by atoms with van der Waals surface area (Å²) >= 11 is 0. The number of ketones is 1. The molecule has 0 aromatic heterocycles. The molecule has 1 aliphatic heterocycles. The first-order valence-electron chi connectivity index (χ1n) is 13.0. The lowest BCUT2D eigenvalue weighted by Gasteiger charge is -2.35. The minimum absolute atomic E-state index is 0.0480. The number of piperidine rings is 1. The fourth-order valence-electron chi connectivity index (χ4n) is 5.47. The maximum absolute atomic E-state index is 13.1. The van der Waals surface area contributed by atoms with Crippen LogP contribution in [0.2, 0.25) is 0 Å². The summed E-state index contributed by atoms with van der Waals surface area (Å²) in [6.45, 7) is 2.49. The second-order valence-corrected chi connectivity index (χ2v) is 9.77. The van der Waals surface area contributed by atoms with Crippen molar-refractivity contribution in [3.63, 3.8) is 0 Å². The number of carboxylic acid groups (broad SMARTS) is 1. The summed E-state index contributed by atoms with van der Waals surface area (Å²) in [5.41, 5.74) is 3.50. The van der Waals surface area contributed by atoms with E-state index in [1.165, 1.54) is 17.5 Å². The number of allylic oxidation sites excluding steroid dienone is 2. The number of likely N-dealkylation sites (tertiary alicyclic amines) is 1. The third kappa shape index (κ3) is 7.12. The number of aliphatic carboxylic acids is 1. The molecular formula is C30H37NO4. The van der Waals surface area contributed by atoms with E-state index in [2.05, 4.69) is 47.4 Å². The lowest BCUT2D eigenvalue weighted by molar-refractivity contribution is -0.136. The number of benzene rings is 2. The summed E-state index contributed by atoms with van der Waals surface area (Å²) in [6.07, 6.45) is 10.4. The predicted octanol–water partition coefficient (Wildman–Crippen LogP) is 5.88. The van der Waals surface area contributed by atoms with Gasteiger partial charge in [0.15, 0.2) is 5.78 Å². The van der Waals surface area contributed by atoms with E-state index in [4.69, 9.17) is 9.84 Å². The molecule has 1 aliphatic carbocycles. The van der Waals surface area contributed by atoms with Crippen LogP contribution in [0.5, 0.6) is 0 Å². The number of nitrogens with zero attached hydrogens (tertiary/aromatic N) is 1. The Morgan fingerprint density at radius 3 is 2.34 bits per heavy atom. The van der Waals surface area contributed by atoms with Crippen molar-refractivity contribution in [3.05, 3.63) is 72.3 Å². The van der Waals surface area contributed by atoms with Crippen molar-refractivity contribution in [3.8, 4) is 11.1 Å². The molecule has 0 spiro atoms. The first-order chi connectivity index (χ1) is 17.1. The predicted molar refractivity (Wildman–Crippen MR) is 138 cm³/mol. The lowest BCUT2D eigenvalue weighted by Crippen LogP contribution is -2.46. The van der Waals surface area contributed by atoms with Gasteiger partial charge in [0, 0.05) is 18.8 Å². The fraction of sp³-hybridized carbons (Fsp3) is 0.467. The van der Waals surface area contributed by atoms with Crippen molar-refractivity contribution in [2.75, 3.05) is 13.1 Å². The van der Waals surface area contributed by atoms with Gasteiger partial charge >= 0.3 is 5.97 Å². The van der Waals surface area contributed by atoms with Crippen LogP contribution in [0.25, 0.3) is 11.1 Å². The maximum Gasteiger partial charge on any atom is 0.303 e. The number of hydrogen-bond acceptors (Lipinski definition) is 4. The van der Waals surface area contributed by atoms with Gasteiger partial charge in [-0.05, 0) is 61.9 Å². The molecule has 0 bridgehead atoms. The summed E-state index contributed by atoms with van der Waals surface area (Å²) in [6, 6.07) is 18.8. The molecule has 0 amide bonds. The number of carbonyl (C=O) groups is 2. The summed E-state index contributed by atoms with van der Waals surface area (Å²) < 4.78 is 6.40. The van der Waals surface area contributed by atoms with Crippen LogP contribution in [0, 0.1) is 5.92 Å². The topological polar surface area (TPSA) is 66.8 Å². The standard InChI is InChI=1S/C30H37NO4/c32-27-21-28(35-22-23-15-17-25(18-16-23)24-11-5-3-6-12-24)26(13-7-1-2-8-14-29(33)34)30(27)31-19-9-4-10-20-31/h1-3,5-6,11-12,15-18,26,28,30H,4,7-10,13-14,19-22H2,(H,33,34)/t26-,28-,30+/m0/s1. The van der Waals surface area contributed by atoms with Gasteiger partial charge < -0.3 is 9.84 Å². The Bertz CT molecular complexity index is 979. The average Bonchev–Trinajstić information content (AvgIpc) is 3.20. The van der Waals surface area contributed by atoms with E-state index in [-0.39, 0.29) is 24.5 Å². The van der Waals surface area contributed by atoms with Gasteiger partial charge in [-0.2, -0.15) is 0 Å². The number of carboxylic acids is 1. The Morgan fingerprint density at radius 1 is 0.943 bits per heavy atom. The monoisotopic (exact) mass is 475 g/mol. The maximum atomic E-state index is 13.1. The molecule has 1 N–H and O–H groups in total. The van der Waals surface area contributed by atoms with Crippen LogP contribution in [0.3, 0.4) is 0 Å². The molecule has 2 aromatic carbocycles. The van der Waals surface area contributed by atoms with Crippen molar-refractivity contribution >= 4 is 11.8 Å². The highest BCUT2D eigenvalue weighted by molar-refractivity contribution is 5.87. The van der Waals surface area contributed by atoms with Crippen LogP contribution in [-0.4, -0.2) is 47.0 Å². The van der Waals surface area contributed by atoms with E-state index in [1.54, 1.807) is 0 Å². The lowest BCUT2D eigenvalue weighted by atomic mass is 9.92. The second-order valence-electron chi connectivity index (χ2n) is 9.77. The van der Waals surface area contributed by atoms with E-state index >= 15 is 0 Å². The van der Waals surface area contributed by atoms with Crippen LogP contribution in [0.1, 0.15) is 56.9 Å². The van der Waals surface area contributed by atoms with Gasteiger partial charge in [-0.25, -0.2) is 0 Å². The summed E-state index contributed by atoms with van der Waals surface area (Å²) in [5, 5.41) is 8.82. The van der Waals surface area contributed by atoms with Gasteiger partial charge in [0.2, 0.25) is 0 Å². The summed E-state index contributed by atoms with van der Waals surface area (Å²) in [5.74, 6) is -0.282. The number of carbonyl (C=O) groups excluding carboxylic acids is 1. The highest BCUT2D eigenvalue weighted by Gasteiger charge is 2.45. The van der Waals surface area contributed by atoms with Crippen molar-refractivity contribution in [1.29, 1.82) is 0 Å². The van der Waals surface area contributed by atoms with Crippen LogP contribution in [0.15, 0.2) is 66.7 Å². The van der Waals surface area contributed by atoms with E-state index in [1.807, 2.05) is 24.3 Å². The molecule has 1 saturated heterocycles. The van der Waals surface area contributed by atoms with Crippen molar-refractivity contribution in [1.82, 2.24) is 4.90 Å². The molecule has 2 aliphatic rings.